The van der Waals surface area contributed by atoms with E-state index in [1.807, 2.05) is 24.3 Å². The largest absolute Gasteiger partial charge is 0.496 e. The quantitative estimate of drug-likeness (QED) is 0.902. The molecule has 1 aliphatic rings. The normalized spacial score (nSPS) is 17.6. The third-order valence-corrected chi connectivity index (χ3v) is 3.40. The zero-order valence-corrected chi connectivity index (χ0v) is 11.1. The molecule has 1 aliphatic heterocycles. The summed E-state index contributed by atoms with van der Waals surface area (Å²) in [6.45, 7) is 0.741. The van der Waals surface area contributed by atoms with Crippen LogP contribution in [0.3, 0.4) is 0 Å². The van der Waals surface area contributed by atoms with Crippen molar-refractivity contribution in [3.05, 3.63) is 45.1 Å². The molecule has 2 rings (SSSR count). The van der Waals surface area contributed by atoms with Gasteiger partial charge in [-0.1, -0.05) is 27.5 Å². The maximum atomic E-state index is 6.14. The van der Waals surface area contributed by atoms with Crippen molar-refractivity contribution in [1.29, 1.82) is 0 Å². The molecule has 4 heteroatoms. The van der Waals surface area contributed by atoms with Gasteiger partial charge in [0.05, 0.1) is 12.6 Å². The molecule has 0 saturated carbocycles. The molecule has 1 aromatic carbocycles. The first-order valence-corrected chi connectivity index (χ1v) is 6.39. The third-order valence-electron chi connectivity index (χ3n) is 2.56. The van der Waals surface area contributed by atoms with Crippen molar-refractivity contribution in [2.45, 2.75) is 18.9 Å². The molecule has 0 bridgehead atoms. The molecular weight excluding hydrogens is 289 g/mol. The van der Waals surface area contributed by atoms with Gasteiger partial charge in [-0.25, -0.2) is 0 Å². The highest BCUT2D eigenvalue weighted by molar-refractivity contribution is 9.10. The average Bonchev–Trinajstić information content (AvgIpc) is 2.32. The van der Waals surface area contributed by atoms with E-state index in [0.29, 0.717) is 5.02 Å². The van der Waals surface area contributed by atoms with Crippen molar-refractivity contribution < 1.29 is 4.74 Å². The molecule has 2 nitrogen and oxygen atoms in total. The molecule has 0 saturated heterocycles. The Morgan fingerprint density at radius 1 is 1.44 bits per heavy atom. The van der Waals surface area contributed by atoms with Crippen LogP contribution in [0.25, 0.3) is 0 Å². The zero-order valence-electron chi connectivity index (χ0n) is 8.75. The first-order valence-electron chi connectivity index (χ1n) is 5.22. The highest BCUT2D eigenvalue weighted by atomic mass is 79.9. The number of nitrogens with two attached hydrogens (primary N) is 1. The van der Waals surface area contributed by atoms with Crippen LogP contribution in [0.2, 0.25) is 5.02 Å². The predicted octanol–water partition coefficient (Wildman–Crippen LogP) is 3.80. The lowest BCUT2D eigenvalue weighted by molar-refractivity contribution is 0.176. The minimum atomic E-state index is -0.273. The molecule has 0 amide bonds. The van der Waals surface area contributed by atoms with Gasteiger partial charge in [0.25, 0.3) is 0 Å². The monoisotopic (exact) mass is 301 g/mol. The van der Waals surface area contributed by atoms with Gasteiger partial charge in [-0.3, -0.25) is 0 Å². The summed E-state index contributed by atoms with van der Waals surface area (Å²) in [4.78, 5) is 0. The van der Waals surface area contributed by atoms with E-state index in [-0.39, 0.29) is 6.04 Å². The second-order valence-corrected chi connectivity index (χ2v) is 5.06. The molecule has 2 N–H and O–H groups in total. The fourth-order valence-corrected chi connectivity index (χ4v) is 2.31. The molecule has 0 aromatic heterocycles. The number of allylic oxidation sites excluding steroid dienone is 1. The molecule has 0 radical (unpaired) electrons. The molecule has 0 aliphatic carbocycles. The fraction of sp³-hybridized carbons (Fsp3) is 0.333. The van der Waals surface area contributed by atoms with Crippen LogP contribution in [0.1, 0.15) is 24.4 Å². The van der Waals surface area contributed by atoms with Crippen LogP contribution >= 0.6 is 27.5 Å². The van der Waals surface area contributed by atoms with Crippen LogP contribution in [0.15, 0.2) is 34.5 Å². The predicted molar refractivity (Wildman–Crippen MR) is 69.3 cm³/mol. The number of benzene rings is 1. The lowest BCUT2D eigenvalue weighted by atomic mass is 10.0. The van der Waals surface area contributed by atoms with E-state index >= 15 is 0 Å². The lowest BCUT2D eigenvalue weighted by Crippen LogP contribution is -2.18. The van der Waals surface area contributed by atoms with Crippen molar-refractivity contribution in [2.24, 2.45) is 5.73 Å². The van der Waals surface area contributed by atoms with E-state index in [2.05, 4.69) is 15.9 Å². The zero-order chi connectivity index (χ0) is 11.5. The Labute approximate surface area is 109 Å². The van der Waals surface area contributed by atoms with E-state index in [0.717, 1.165) is 35.2 Å². The van der Waals surface area contributed by atoms with Gasteiger partial charge < -0.3 is 10.5 Å². The Morgan fingerprint density at radius 3 is 2.94 bits per heavy atom. The SMILES string of the molecule is NC(C1=CCCCO1)c1cc(Br)ccc1Cl. The minimum Gasteiger partial charge on any atom is -0.496 e. The van der Waals surface area contributed by atoms with E-state index in [4.69, 9.17) is 22.1 Å². The summed E-state index contributed by atoms with van der Waals surface area (Å²) in [5, 5.41) is 0.672. The smallest absolute Gasteiger partial charge is 0.113 e. The van der Waals surface area contributed by atoms with E-state index in [9.17, 15) is 0 Å². The Bertz CT molecular complexity index is 419. The first kappa shape index (κ1) is 12.0. The van der Waals surface area contributed by atoms with Gasteiger partial charge >= 0.3 is 0 Å². The van der Waals surface area contributed by atoms with Gasteiger partial charge in [-0.05, 0) is 42.7 Å². The number of rotatable bonds is 2. The molecule has 16 heavy (non-hydrogen) atoms. The minimum absolute atomic E-state index is 0.273. The van der Waals surface area contributed by atoms with Crippen LogP contribution in [0, 0.1) is 0 Å². The Hall–Kier alpha value is -0.510. The summed E-state index contributed by atoms with van der Waals surface area (Å²) in [6, 6.07) is 5.40. The average molecular weight is 303 g/mol. The van der Waals surface area contributed by atoms with Gasteiger partial charge in [-0.2, -0.15) is 0 Å². The van der Waals surface area contributed by atoms with Gasteiger partial charge in [-0.15, -0.1) is 0 Å². The molecule has 1 atom stereocenters. The third kappa shape index (κ3) is 2.59. The highest BCUT2D eigenvalue weighted by Crippen LogP contribution is 2.31. The number of hydrogen-bond donors (Lipinski definition) is 1. The van der Waals surface area contributed by atoms with Crippen LogP contribution in [-0.4, -0.2) is 6.61 Å². The summed E-state index contributed by atoms with van der Waals surface area (Å²) in [6.07, 6.45) is 4.13. The standard InChI is InChI=1S/C12H13BrClNO/c13-8-4-5-10(14)9(7-8)12(15)11-3-1-2-6-16-11/h3-5,7,12H,1-2,6,15H2. The van der Waals surface area contributed by atoms with Crippen LogP contribution < -0.4 is 5.73 Å². The van der Waals surface area contributed by atoms with E-state index in [1.165, 1.54) is 0 Å². The molecule has 86 valence electrons. The van der Waals surface area contributed by atoms with Crippen molar-refractivity contribution >= 4 is 27.5 Å². The van der Waals surface area contributed by atoms with Crippen molar-refractivity contribution in [3.63, 3.8) is 0 Å². The first-order chi connectivity index (χ1) is 7.68. The number of halogens is 2. The fourth-order valence-electron chi connectivity index (χ4n) is 1.70. The van der Waals surface area contributed by atoms with Gasteiger partial charge in [0.1, 0.15) is 5.76 Å². The Morgan fingerprint density at radius 2 is 2.25 bits per heavy atom. The van der Waals surface area contributed by atoms with Gasteiger partial charge in [0.15, 0.2) is 0 Å². The number of hydrogen-bond acceptors (Lipinski definition) is 2. The summed E-state index contributed by atoms with van der Waals surface area (Å²) in [5.41, 5.74) is 7.03. The summed E-state index contributed by atoms with van der Waals surface area (Å²) < 4.78 is 6.52. The Kier molecular flexibility index (Phi) is 3.90. The molecule has 1 aromatic rings. The van der Waals surface area contributed by atoms with Crippen molar-refractivity contribution in [2.75, 3.05) is 6.61 Å². The molecule has 1 unspecified atom stereocenters. The molecule has 1 heterocycles. The van der Waals surface area contributed by atoms with Gasteiger partial charge in [0, 0.05) is 9.50 Å². The molecule has 0 spiro atoms. The number of ether oxygens (including phenoxy) is 1. The summed E-state index contributed by atoms with van der Waals surface area (Å²) >= 11 is 9.54. The maximum absolute atomic E-state index is 6.14. The molecular formula is C12H13BrClNO. The van der Waals surface area contributed by atoms with E-state index < -0.39 is 0 Å². The van der Waals surface area contributed by atoms with Crippen LogP contribution in [-0.2, 0) is 4.74 Å². The van der Waals surface area contributed by atoms with Gasteiger partial charge in [0.2, 0.25) is 0 Å². The van der Waals surface area contributed by atoms with Crippen LogP contribution in [0.4, 0.5) is 0 Å². The van der Waals surface area contributed by atoms with Crippen molar-refractivity contribution in [3.8, 4) is 0 Å². The Balaban J connectivity index is 2.29. The van der Waals surface area contributed by atoms with Crippen molar-refractivity contribution in [1.82, 2.24) is 0 Å². The van der Waals surface area contributed by atoms with Crippen LogP contribution in [0.5, 0.6) is 0 Å². The maximum Gasteiger partial charge on any atom is 0.113 e. The summed E-state index contributed by atoms with van der Waals surface area (Å²) in [5.74, 6) is 0.825. The topological polar surface area (TPSA) is 35.2 Å². The second kappa shape index (κ2) is 5.21. The highest BCUT2D eigenvalue weighted by Gasteiger charge is 2.18. The second-order valence-electron chi connectivity index (χ2n) is 3.74. The lowest BCUT2D eigenvalue weighted by Gasteiger charge is -2.21. The summed E-state index contributed by atoms with van der Waals surface area (Å²) in [7, 11) is 0. The van der Waals surface area contributed by atoms with E-state index in [1.54, 1.807) is 0 Å². The molecule has 0 fully saturated rings.